The second kappa shape index (κ2) is 4.42. The molecule has 17 heavy (non-hydrogen) atoms. The first-order chi connectivity index (χ1) is 8.27. The van der Waals surface area contributed by atoms with E-state index in [9.17, 15) is 0 Å². The Balaban J connectivity index is 2.10. The maximum absolute atomic E-state index is 6.17. The van der Waals surface area contributed by atoms with Crippen molar-refractivity contribution in [2.75, 3.05) is 17.2 Å². The topological polar surface area (TPSA) is 43.3 Å². The van der Waals surface area contributed by atoms with Gasteiger partial charge in [0.05, 0.1) is 10.7 Å². The quantitative estimate of drug-likeness (QED) is 0.863. The number of aromatic nitrogens is 2. The molecule has 1 saturated heterocycles. The molecule has 5 heteroatoms. The molecule has 0 saturated carbocycles. The van der Waals surface area contributed by atoms with Crippen LogP contribution in [0.1, 0.15) is 24.5 Å². The molecule has 0 spiro atoms. The highest BCUT2D eigenvalue weighted by molar-refractivity contribution is 7.99. The minimum absolute atomic E-state index is 0.477. The van der Waals surface area contributed by atoms with Crippen LogP contribution in [0.5, 0.6) is 0 Å². The molecular weight excluding hydrogens is 254 g/mol. The first kappa shape index (κ1) is 11.2. The standard InChI is InChI=1S/C12H14ClN3S/c13-9-4-1-5-16-11(14)10(15-12(9)16)8-3-2-6-17-7-8/h1,4-5,8H,2-3,6-7,14H2. The molecule has 1 unspecified atom stereocenters. The molecule has 0 aliphatic carbocycles. The summed E-state index contributed by atoms with van der Waals surface area (Å²) in [6.45, 7) is 0. The number of hydrogen-bond acceptors (Lipinski definition) is 3. The number of nitrogens with two attached hydrogens (primary N) is 1. The van der Waals surface area contributed by atoms with Crippen LogP contribution in [0, 0.1) is 0 Å². The lowest BCUT2D eigenvalue weighted by Crippen LogP contribution is -2.11. The van der Waals surface area contributed by atoms with Gasteiger partial charge in [0.2, 0.25) is 0 Å². The lowest BCUT2D eigenvalue weighted by Gasteiger charge is -2.19. The molecule has 90 valence electrons. The summed E-state index contributed by atoms with van der Waals surface area (Å²) in [5.74, 6) is 3.59. The Labute approximate surface area is 109 Å². The molecule has 1 aliphatic heterocycles. The second-order valence-corrected chi connectivity index (χ2v) is 5.90. The smallest absolute Gasteiger partial charge is 0.157 e. The molecule has 3 rings (SSSR count). The maximum atomic E-state index is 6.17. The third-order valence-corrected chi connectivity index (χ3v) is 4.73. The Hall–Kier alpha value is -0.870. The number of fused-ring (bicyclic) bond motifs is 1. The predicted octanol–water partition coefficient (Wildman–Crippen LogP) is 3.18. The van der Waals surface area contributed by atoms with Gasteiger partial charge in [0.15, 0.2) is 5.65 Å². The fourth-order valence-corrected chi connectivity index (χ4v) is 3.68. The van der Waals surface area contributed by atoms with Gasteiger partial charge in [0, 0.05) is 17.9 Å². The molecular formula is C12H14ClN3S. The largest absolute Gasteiger partial charge is 0.383 e. The number of thioether (sulfide) groups is 1. The van der Waals surface area contributed by atoms with Gasteiger partial charge in [-0.25, -0.2) is 4.98 Å². The Kier molecular flexibility index (Phi) is 2.92. The van der Waals surface area contributed by atoms with Crippen molar-refractivity contribution in [2.24, 2.45) is 0 Å². The van der Waals surface area contributed by atoms with Crippen LogP contribution in [0.25, 0.3) is 5.65 Å². The summed E-state index contributed by atoms with van der Waals surface area (Å²) < 4.78 is 1.89. The van der Waals surface area contributed by atoms with E-state index in [1.165, 1.54) is 18.6 Å². The first-order valence-corrected chi connectivity index (χ1v) is 7.30. The molecule has 1 aliphatic rings. The molecule has 0 bridgehead atoms. The number of rotatable bonds is 1. The number of halogens is 1. The summed E-state index contributed by atoms with van der Waals surface area (Å²) in [6.07, 6.45) is 4.35. The van der Waals surface area contributed by atoms with Gasteiger partial charge in [-0.3, -0.25) is 4.40 Å². The van der Waals surface area contributed by atoms with Crippen LogP contribution in [-0.4, -0.2) is 20.9 Å². The Morgan fingerprint density at radius 3 is 3.12 bits per heavy atom. The molecule has 0 amide bonds. The number of nitrogen functional groups attached to an aromatic ring is 1. The van der Waals surface area contributed by atoms with Crippen molar-refractivity contribution in [1.82, 2.24) is 9.38 Å². The summed E-state index contributed by atoms with van der Waals surface area (Å²) in [6, 6.07) is 3.75. The summed E-state index contributed by atoms with van der Waals surface area (Å²) in [5.41, 5.74) is 7.97. The predicted molar refractivity (Wildman–Crippen MR) is 73.9 cm³/mol. The molecule has 3 heterocycles. The number of imidazole rings is 1. The zero-order valence-electron chi connectivity index (χ0n) is 9.40. The second-order valence-electron chi connectivity index (χ2n) is 4.35. The van der Waals surface area contributed by atoms with E-state index in [-0.39, 0.29) is 0 Å². The van der Waals surface area contributed by atoms with Gasteiger partial charge in [-0.2, -0.15) is 11.8 Å². The van der Waals surface area contributed by atoms with Gasteiger partial charge in [0.25, 0.3) is 0 Å². The van der Waals surface area contributed by atoms with Crippen LogP contribution < -0.4 is 5.73 Å². The van der Waals surface area contributed by atoms with Crippen molar-refractivity contribution in [1.29, 1.82) is 0 Å². The van der Waals surface area contributed by atoms with E-state index in [4.69, 9.17) is 17.3 Å². The van der Waals surface area contributed by atoms with Crippen molar-refractivity contribution in [3.63, 3.8) is 0 Å². The zero-order chi connectivity index (χ0) is 11.8. The minimum atomic E-state index is 0.477. The van der Waals surface area contributed by atoms with Crippen LogP contribution >= 0.6 is 23.4 Å². The number of hydrogen-bond donors (Lipinski definition) is 1. The minimum Gasteiger partial charge on any atom is -0.383 e. The van der Waals surface area contributed by atoms with Crippen LogP contribution in [-0.2, 0) is 0 Å². The van der Waals surface area contributed by atoms with Crippen molar-refractivity contribution < 1.29 is 0 Å². The highest BCUT2D eigenvalue weighted by Crippen LogP contribution is 2.34. The van der Waals surface area contributed by atoms with Gasteiger partial charge in [0.1, 0.15) is 5.82 Å². The maximum Gasteiger partial charge on any atom is 0.157 e. The fourth-order valence-electron chi connectivity index (χ4n) is 2.33. The van der Waals surface area contributed by atoms with Crippen LogP contribution in [0.15, 0.2) is 18.3 Å². The first-order valence-electron chi connectivity index (χ1n) is 5.77. The van der Waals surface area contributed by atoms with E-state index in [2.05, 4.69) is 4.98 Å². The molecule has 0 radical (unpaired) electrons. The van der Waals surface area contributed by atoms with Crippen LogP contribution in [0.2, 0.25) is 5.02 Å². The van der Waals surface area contributed by atoms with E-state index in [1.807, 2.05) is 34.5 Å². The van der Waals surface area contributed by atoms with E-state index in [0.717, 1.165) is 22.9 Å². The van der Waals surface area contributed by atoms with E-state index >= 15 is 0 Å². The van der Waals surface area contributed by atoms with Crippen molar-refractivity contribution >= 4 is 34.8 Å². The summed E-state index contributed by atoms with van der Waals surface area (Å²) >= 11 is 8.12. The summed E-state index contributed by atoms with van der Waals surface area (Å²) in [7, 11) is 0. The lowest BCUT2D eigenvalue weighted by molar-refractivity contribution is 0.649. The number of nitrogens with zero attached hydrogens (tertiary/aromatic N) is 2. The highest BCUT2D eigenvalue weighted by atomic mass is 35.5. The highest BCUT2D eigenvalue weighted by Gasteiger charge is 2.22. The van der Waals surface area contributed by atoms with Gasteiger partial charge in [-0.05, 0) is 30.7 Å². The molecule has 2 aromatic heterocycles. The van der Waals surface area contributed by atoms with Gasteiger partial charge < -0.3 is 5.73 Å². The summed E-state index contributed by atoms with van der Waals surface area (Å²) in [4.78, 5) is 4.63. The SMILES string of the molecule is Nc1c(C2CCCSC2)nc2c(Cl)cccn12. The number of pyridine rings is 1. The molecule has 3 nitrogen and oxygen atoms in total. The van der Waals surface area contributed by atoms with Crippen molar-refractivity contribution in [3.8, 4) is 0 Å². The summed E-state index contributed by atoms with van der Waals surface area (Å²) in [5, 5.41) is 0.661. The van der Waals surface area contributed by atoms with Crippen LogP contribution in [0.3, 0.4) is 0 Å². The van der Waals surface area contributed by atoms with Crippen LogP contribution in [0.4, 0.5) is 5.82 Å². The molecule has 2 N–H and O–H groups in total. The molecule has 1 atom stereocenters. The molecule has 1 fully saturated rings. The van der Waals surface area contributed by atoms with E-state index in [1.54, 1.807) is 0 Å². The Bertz CT molecular complexity index is 546. The van der Waals surface area contributed by atoms with E-state index < -0.39 is 0 Å². The van der Waals surface area contributed by atoms with Gasteiger partial charge >= 0.3 is 0 Å². The van der Waals surface area contributed by atoms with E-state index in [0.29, 0.717) is 10.9 Å². The average Bonchev–Trinajstić information content (AvgIpc) is 2.70. The molecule has 0 aromatic carbocycles. The number of anilines is 1. The van der Waals surface area contributed by atoms with Gasteiger partial charge in [-0.15, -0.1) is 0 Å². The third kappa shape index (κ3) is 1.89. The monoisotopic (exact) mass is 267 g/mol. The third-order valence-electron chi connectivity index (χ3n) is 3.21. The Morgan fingerprint density at radius 2 is 2.41 bits per heavy atom. The molecule has 2 aromatic rings. The Morgan fingerprint density at radius 1 is 1.53 bits per heavy atom. The van der Waals surface area contributed by atoms with Gasteiger partial charge in [-0.1, -0.05) is 11.6 Å². The average molecular weight is 268 g/mol. The van der Waals surface area contributed by atoms with Crippen molar-refractivity contribution in [2.45, 2.75) is 18.8 Å². The zero-order valence-corrected chi connectivity index (χ0v) is 11.0. The van der Waals surface area contributed by atoms with Crippen molar-refractivity contribution in [3.05, 3.63) is 29.0 Å². The lowest BCUT2D eigenvalue weighted by atomic mass is 10.0. The normalized spacial score (nSPS) is 20.9. The fraction of sp³-hybridized carbons (Fsp3) is 0.417.